The van der Waals surface area contributed by atoms with Gasteiger partial charge in [-0.25, -0.2) is 8.42 Å². The van der Waals surface area contributed by atoms with Crippen molar-refractivity contribution in [3.05, 3.63) is 59.0 Å². The van der Waals surface area contributed by atoms with E-state index in [9.17, 15) is 18.0 Å². The number of nitrogens with zero attached hydrogens (tertiary/aromatic N) is 1. The lowest BCUT2D eigenvalue weighted by Gasteiger charge is -2.08. The van der Waals surface area contributed by atoms with Crippen molar-refractivity contribution in [2.45, 2.75) is 13.0 Å². The number of nitrogens with one attached hydrogen (secondary N) is 2. The highest BCUT2D eigenvalue weighted by Crippen LogP contribution is 2.14. The summed E-state index contributed by atoms with van der Waals surface area (Å²) in [4.78, 5) is 23.4. The van der Waals surface area contributed by atoms with Crippen molar-refractivity contribution in [2.75, 3.05) is 16.3 Å². The third-order valence-corrected chi connectivity index (χ3v) is 3.56. The summed E-state index contributed by atoms with van der Waals surface area (Å²) >= 11 is 0. The first kappa shape index (κ1) is 16.8. The molecule has 0 fully saturated rings. The van der Waals surface area contributed by atoms with Gasteiger partial charge in [-0.15, -0.1) is 0 Å². The van der Waals surface area contributed by atoms with Crippen molar-refractivity contribution in [3.8, 4) is 0 Å². The monoisotopic (exact) mass is 335 g/mol. The molecule has 1 heterocycles. The van der Waals surface area contributed by atoms with Crippen LogP contribution in [0.5, 0.6) is 0 Å². The van der Waals surface area contributed by atoms with Crippen LogP contribution in [0.3, 0.4) is 0 Å². The Labute approximate surface area is 134 Å². The number of anilines is 2. The summed E-state index contributed by atoms with van der Waals surface area (Å²) in [6.07, 6.45) is 2.85. The molecule has 0 atom stereocenters. The Bertz CT molecular complexity index is 842. The quantitative estimate of drug-likeness (QED) is 0.830. The number of amides is 1. The third kappa shape index (κ3) is 5.59. The zero-order valence-electron chi connectivity index (χ0n) is 12.5. The second-order valence-electron chi connectivity index (χ2n) is 4.98. The van der Waals surface area contributed by atoms with Crippen LogP contribution < -0.4 is 15.6 Å². The molecule has 1 aromatic heterocycles. The second kappa shape index (κ2) is 7.10. The molecule has 122 valence electrons. The van der Waals surface area contributed by atoms with Crippen molar-refractivity contribution in [2.24, 2.45) is 0 Å². The minimum Gasteiger partial charge on any atom is -0.326 e. The van der Waals surface area contributed by atoms with Crippen LogP contribution in [0.1, 0.15) is 6.42 Å². The van der Waals surface area contributed by atoms with Gasteiger partial charge in [-0.3, -0.25) is 14.3 Å². The number of benzene rings is 1. The van der Waals surface area contributed by atoms with Gasteiger partial charge in [-0.1, -0.05) is 6.07 Å². The number of rotatable bonds is 6. The maximum absolute atomic E-state index is 11.9. The lowest BCUT2D eigenvalue weighted by atomic mass is 10.2. The molecule has 0 radical (unpaired) electrons. The fraction of sp³-hybridized carbons (Fsp3) is 0.200. The molecule has 8 heteroatoms. The van der Waals surface area contributed by atoms with Gasteiger partial charge in [0.1, 0.15) is 0 Å². The largest absolute Gasteiger partial charge is 0.326 e. The van der Waals surface area contributed by atoms with Gasteiger partial charge >= 0.3 is 0 Å². The van der Waals surface area contributed by atoms with Gasteiger partial charge in [-0.05, 0) is 30.3 Å². The highest BCUT2D eigenvalue weighted by molar-refractivity contribution is 7.92. The summed E-state index contributed by atoms with van der Waals surface area (Å²) in [6.45, 7) is 0.291. The van der Waals surface area contributed by atoms with Gasteiger partial charge in [0.15, 0.2) is 0 Å². The van der Waals surface area contributed by atoms with Crippen LogP contribution in [0.15, 0.2) is 53.5 Å². The lowest BCUT2D eigenvalue weighted by Crippen LogP contribution is -2.21. The van der Waals surface area contributed by atoms with Gasteiger partial charge in [0, 0.05) is 36.6 Å². The molecule has 0 saturated heterocycles. The fourth-order valence-corrected chi connectivity index (χ4v) is 2.49. The first-order valence-corrected chi connectivity index (χ1v) is 8.76. The van der Waals surface area contributed by atoms with Crippen LogP contribution >= 0.6 is 0 Å². The van der Waals surface area contributed by atoms with Crippen LogP contribution in [0.4, 0.5) is 11.4 Å². The summed E-state index contributed by atoms with van der Waals surface area (Å²) in [5.41, 5.74) is 0.812. The lowest BCUT2D eigenvalue weighted by molar-refractivity contribution is -0.116. The van der Waals surface area contributed by atoms with E-state index in [0.29, 0.717) is 17.9 Å². The Kier molecular flexibility index (Phi) is 5.17. The number of aromatic nitrogens is 1. The van der Waals surface area contributed by atoms with Crippen LogP contribution in [0, 0.1) is 0 Å². The van der Waals surface area contributed by atoms with Gasteiger partial charge in [0.05, 0.1) is 6.26 Å². The summed E-state index contributed by atoms with van der Waals surface area (Å²) in [6, 6.07) is 11.1. The molecular formula is C15H17N3O4S. The van der Waals surface area contributed by atoms with Crippen molar-refractivity contribution < 1.29 is 13.2 Å². The van der Waals surface area contributed by atoms with E-state index in [2.05, 4.69) is 10.0 Å². The molecule has 7 nitrogen and oxygen atoms in total. The molecule has 23 heavy (non-hydrogen) atoms. The third-order valence-electron chi connectivity index (χ3n) is 2.95. The molecule has 0 aliphatic heterocycles. The molecule has 0 unspecified atom stereocenters. The van der Waals surface area contributed by atoms with Crippen LogP contribution in [0.25, 0.3) is 0 Å². The van der Waals surface area contributed by atoms with E-state index in [-0.39, 0.29) is 17.9 Å². The molecule has 0 aliphatic rings. The zero-order chi connectivity index (χ0) is 16.9. The van der Waals surface area contributed by atoms with Gasteiger partial charge < -0.3 is 9.88 Å². The van der Waals surface area contributed by atoms with E-state index < -0.39 is 10.0 Å². The molecule has 1 amide bonds. The Morgan fingerprint density at radius 2 is 1.74 bits per heavy atom. The Balaban J connectivity index is 1.90. The minimum absolute atomic E-state index is 0.156. The maximum atomic E-state index is 11.9. The van der Waals surface area contributed by atoms with Crippen molar-refractivity contribution in [1.82, 2.24) is 4.57 Å². The summed E-state index contributed by atoms with van der Waals surface area (Å²) < 4.78 is 26.0. The highest BCUT2D eigenvalue weighted by Gasteiger charge is 2.05. The average molecular weight is 335 g/mol. The number of carbonyl (C=O) groups is 1. The van der Waals surface area contributed by atoms with Crippen molar-refractivity contribution >= 4 is 27.3 Å². The topological polar surface area (TPSA) is 97.3 Å². The van der Waals surface area contributed by atoms with E-state index >= 15 is 0 Å². The molecular weight excluding hydrogens is 318 g/mol. The predicted molar refractivity (Wildman–Crippen MR) is 88.9 cm³/mol. The number of aryl methyl sites for hydroxylation is 1. The number of sulfonamides is 1. The van der Waals surface area contributed by atoms with E-state index in [4.69, 9.17) is 0 Å². The van der Waals surface area contributed by atoms with Crippen molar-refractivity contribution in [1.29, 1.82) is 0 Å². The van der Waals surface area contributed by atoms with Gasteiger partial charge in [0.25, 0.3) is 5.56 Å². The molecule has 0 spiro atoms. The van der Waals surface area contributed by atoms with E-state index in [1.165, 1.54) is 10.6 Å². The molecule has 1 aromatic carbocycles. The Morgan fingerprint density at radius 3 is 2.35 bits per heavy atom. The number of hydrogen-bond acceptors (Lipinski definition) is 4. The zero-order valence-corrected chi connectivity index (χ0v) is 13.3. The van der Waals surface area contributed by atoms with Crippen LogP contribution in [-0.4, -0.2) is 25.1 Å². The summed E-state index contributed by atoms with van der Waals surface area (Å²) in [7, 11) is -3.33. The van der Waals surface area contributed by atoms with E-state index in [0.717, 1.165) is 6.26 Å². The van der Waals surface area contributed by atoms with Gasteiger partial charge in [-0.2, -0.15) is 0 Å². The fourth-order valence-electron chi connectivity index (χ4n) is 1.93. The molecule has 2 aromatic rings. The standard InChI is InChI=1S/C15H17N3O4S/c1-23(21,22)17-13-7-5-12(6-8-13)16-14(19)9-11-18-10-3-2-4-15(18)20/h2-8,10,17H,9,11H2,1H3,(H,16,19). The predicted octanol–water partition coefficient (Wildman–Crippen LogP) is 1.25. The highest BCUT2D eigenvalue weighted by atomic mass is 32.2. The summed E-state index contributed by atoms with van der Waals surface area (Å²) in [5, 5.41) is 2.69. The summed E-state index contributed by atoms with van der Waals surface area (Å²) in [5.74, 6) is -0.232. The first-order valence-electron chi connectivity index (χ1n) is 6.87. The molecule has 0 aliphatic carbocycles. The Hall–Kier alpha value is -2.61. The van der Waals surface area contributed by atoms with E-state index in [1.54, 1.807) is 42.6 Å². The Morgan fingerprint density at radius 1 is 1.09 bits per heavy atom. The van der Waals surface area contributed by atoms with Gasteiger partial charge in [0.2, 0.25) is 15.9 Å². The molecule has 2 N–H and O–H groups in total. The minimum atomic E-state index is -3.33. The maximum Gasteiger partial charge on any atom is 0.250 e. The normalized spacial score (nSPS) is 11.0. The van der Waals surface area contributed by atoms with Crippen molar-refractivity contribution in [3.63, 3.8) is 0 Å². The first-order chi connectivity index (χ1) is 10.8. The molecule has 0 bridgehead atoms. The van der Waals surface area contributed by atoms with Crippen LogP contribution in [-0.2, 0) is 21.4 Å². The SMILES string of the molecule is CS(=O)(=O)Nc1ccc(NC(=O)CCn2ccccc2=O)cc1. The average Bonchev–Trinajstić information content (AvgIpc) is 2.47. The molecule has 2 rings (SSSR count). The number of hydrogen-bond donors (Lipinski definition) is 2. The second-order valence-corrected chi connectivity index (χ2v) is 6.73. The van der Waals surface area contributed by atoms with Crippen LogP contribution in [0.2, 0.25) is 0 Å². The number of carbonyl (C=O) groups excluding carboxylic acids is 1. The van der Waals surface area contributed by atoms with E-state index in [1.807, 2.05) is 0 Å². The molecule has 0 saturated carbocycles. The number of pyridine rings is 1. The smallest absolute Gasteiger partial charge is 0.250 e.